The molecule has 45 heavy (non-hydrogen) atoms. The lowest BCUT2D eigenvalue weighted by atomic mass is 10.0. The first-order chi connectivity index (χ1) is 21.6. The summed E-state index contributed by atoms with van der Waals surface area (Å²) in [6.07, 6.45) is 0.0691. The van der Waals surface area contributed by atoms with Gasteiger partial charge in [0.25, 0.3) is 10.0 Å². The number of likely N-dealkylation sites (N-methyl/N-ethyl adjacent to an activating group) is 1. The minimum atomic E-state index is -4.49. The molecule has 0 aromatic heterocycles. The minimum absolute atomic E-state index is 0.00933. The number of rotatable bonds is 13. The minimum Gasteiger partial charge on any atom is -0.493 e. The molecule has 9 nitrogen and oxygen atoms in total. The molecule has 12 heteroatoms. The highest BCUT2D eigenvalue weighted by molar-refractivity contribution is 7.92. The number of nitrogens with zero attached hydrogens (tertiary/aromatic N) is 2. The molecular weight excluding hydrogens is 604 g/mol. The summed E-state index contributed by atoms with van der Waals surface area (Å²) in [6.45, 7) is -1.12. The molecule has 1 atom stereocenters. The van der Waals surface area contributed by atoms with Gasteiger partial charge in [-0.1, -0.05) is 48.5 Å². The molecule has 2 amide bonds. The molecule has 0 radical (unpaired) electrons. The third-order valence-corrected chi connectivity index (χ3v) is 8.92. The largest absolute Gasteiger partial charge is 0.493 e. The molecule has 236 valence electrons. The topological polar surface area (TPSA) is 105 Å². The van der Waals surface area contributed by atoms with E-state index in [1.165, 1.54) is 69.8 Å². The number of methoxy groups -OCH3 is 2. The number of halogens is 2. The van der Waals surface area contributed by atoms with E-state index in [1.807, 2.05) is 0 Å². The van der Waals surface area contributed by atoms with Crippen molar-refractivity contribution < 1.29 is 36.3 Å². The van der Waals surface area contributed by atoms with Crippen molar-refractivity contribution in [2.45, 2.75) is 23.9 Å². The van der Waals surface area contributed by atoms with E-state index < -0.39 is 46.1 Å². The normalized spacial score (nSPS) is 11.8. The third-order valence-electron chi connectivity index (χ3n) is 7.15. The van der Waals surface area contributed by atoms with Crippen LogP contribution in [0.2, 0.25) is 0 Å². The molecule has 0 aliphatic heterocycles. The molecule has 0 unspecified atom stereocenters. The molecule has 0 bridgehead atoms. The van der Waals surface area contributed by atoms with Crippen molar-refractivity contribution in [2.75, 3.05) is 32.1 Å². The van der Waals surface area contributed by atoms with Crippen molar-refractivity contribution in [2.24, 2.45) is 0 Å². The van der Waals surface area contributed by atoms with Crippen molar-refractivity contribution in [1.82, 2.24) is 10.2 Å². The highest BCUT2D eigenvalue weighted by Gasteiger charge is 2.35. The summed E-state index contributed by atoms with van der Waals surface area (Å²) in [6, 6.07) is 22.1. The standard InChI is InChI=1S/C33H33F2N3O6S/c1-36-33(40)29(19-23-9-5-4-6-10-23)37(21-24-11-7-8-12-28(24)35)32(39)22-38(26-15-13-25(34)14-16-26)45(41,42)27-17-18-30(43-2)31(20-27)44-3/h4-18,20,29H,19,21-22H2,1-3H3,(H,36,40)/t29-/m1/s1. The van der Waals surface area contributed by atoms with Gasteiger partial charge in [-0.25, -0.2) is 17.2 Å². The fourth-order valence-electron chi connectivity index (χ4n) is 4.77. The highest BCUT2D eigenvalue weighted by Crippen LogP contribution is 2.32. The summed E-state index contributed by atoms with van der Waals surface area (Å²) >= 11 is 0. The molecule has 0 fully saturated rings. The number of anilines is 1. The van der Waals surface area contributed by atoms with Crippen molar-refractivity contribution in [3.05, 3.63) is 120 Å². The zero-order chi connectivity index (χ0) is 32.6. The Morgan fingerprint density at radius 1 is 0.844 bits per heavy atom. The van der Waals surface area contributed by atoms with E-state index in [2.05, 4.69) is 5.32 Å². The molecule has 0 aliphatic carbocycles. The molecule has 0 saturated heterocycles. The van der Waals surface area contributed by atoms with E-state index in [0.717, 1.165) is 26.9 Å². The van der Waals surface area contributed by atoms with Gasteiger partial charge in [0.15, 0.2) is 11.5 Å². The Labute approximate surface area is 261 Å². The van der Waals surface area contributed by atoms with E-state index >= 15 is 0 Å². The second-order valence-corrected chi connectivity index (χ2v) is 11.8. The van der Waals surface area contributed by atoms with Gasteiger partial charge in [0.05, 0.1) is 24.8 Å². The molecule has 0 aliphatic rings. The van der Waals surface area contributed by atoms with Gasteiger partial charge in [0.2, 0.25) is 11.8 Å². The smallest absolute Gasteiger partial charge is 0.264 e. The quantitative estimate of drug-likeness (QED) is 0.231. The van der Waals surface area contributed by atoms with Gasteiger partial charge in [-0.2, -0.15) is 0 Å². The van der Waals surface area contributed by atoms with Gasteiger partial charge in [0.1, 0.15) is 24.2 Å². The average Bonchev–Trinajstić information content (AvgIpc) is 3.06. The Morgan fingerprint density at radius 2 is 1.49 bits per heavy atom. The predicted molar refractivity (Wildman–Crippen MR) is 165 cm³/mol. The lowest BCUT2D eigenvalue weighted by molar-refractivity contribution is -0.139. The number of carbonyl (C=O) groups excluding carboxylic acids is 2. The Kier molecular flexibility index (Phi) is 10.7. The van der Waals surface area contributed by atoms with Crippen molar-refractivity contribution in [1.29, 1.82) is 0 Å². The summed E-state index contributed by atoms with van der Waals surface area (Å²) < 4.78 is 68.4. The van der Waals surface area contributed by atoms with Crippen LogP contribution in [0.1, 0.15) is 11.1 Å². The number of benzene rings is 4. The molecule has 4 rings (SSSR count). The fraction of sp³-hybridized carbons (Fsp3) is 0.212. The Morgan fingerprint density at radius 3 is 2.11 bits per heavy atom. The van der Waals surface area contributed by atoms with Crippen LogP contribution in [0.5, 0.6) is 11.5 Å². The summed E-state index contributed by atoms with van der Waals surface area (Å²) in [7, 11) is -0.326. The SMILES string of the molecule is CNC(=O)[C@@H](Cc1ccccc1)N(Cc1ccccc1F)C(=O)CN(c1ccc(F)cc1)S(=O)(=O)c1ccc(OC)c(OC)c1. The van der Waals surface area contributed by atoms with Crippen LogP contribution in [0.25, 0.3) is 0 Å². The number of nitrogens with one attached hydrogen (secondary N) is 1. The van der Waals surface area contributed by atoms with Crippen LogP contribution in [-0.4, -0.2) is 59.0 Å². The molecule has 4 aromatic carbocycles. The first kappa shape index (κ1) is 32.9. The first-order valence-electron chi connectivity index (χ1n) is 13.9. The molecule has 1 N–H and O–H groups in total. The molecular formula is C33H33F2N3O6S. The Bertz CT molecular complexity index is 1740. The van der Waals surface area contributed by atoms with E-state index in [-0.39, 0.29) is 40.6 Å². The number of amides is 2. The van der Waals surface area contributed by atoms with Crippen LogP contribution in [0, 0.1) is 11.6 Å². The molecule has 0 saturated carbocycles. The summed E-state index contributed by atoms with van der Waals surface area (Å²) in [5.41, 5.74) is 0.847. The second kappa shape index (κ2) is 14.7. The van der Waals surface area contributed by atoms with Gasteiger partial charge in [-0.05, 0) is 48.0 Å². The summed E-state index contributed by atoms with van der Waals surface area (Å²) in [5, 5.41) is 2.57. The van der Waals surface area contributed by atoms with Gasteiger partial charge < -0.3 is 19.7 Å². The lowest BCUT2D eigenvalue weighted by Crippen LogP contribution is -2.53. The highest BCUT2D eigenvalue weighted by atomic mass is 32.2. The molecule has 4 aromatic rings. The zero-order valence-electron chi connectivity index (χ0n) is 24.9. The fourth-order valence-corrected chi connectivity index (χ4v) is 6.20. The number of hydrogen-bond acceptors (Lipinski definition) is 6. The van der Waals surface area contributed by atoms with E-state index in [9.17, 15) is 26.8 Å². The second-order valence-electron chi connectivity index (χ2n) is 9.94. The third kappa shape index (κ3) is 7.76. The van der Waals surface area contributed by atoms with E-state index in [4.69, 9.17) is 9.47 Å². The maximum absolute atomic E-state index is 14.9. The maximum Gasteiger partial charge on any atom is 0.264 e. The van der Waals surface area contributed by atoms with Crippen molar-refractivity contribution in [3.8, 4) is 11.5 Å². The average molecular weight is 638 g/mol. The monoisotopic (exact) mass is 637 g/mol. The lowest BCUT2D eigenvalue weighted by Gasteiger charge is -2.33. The molecule has 0 heterocycles. The van der Waals surface area contributed by atoms with Crippen LogP contribution in [0.3, 0.4) is 0 Å². The Hall–Kier alpha value is -4.97. The van der Waals surface area contributed by atoms with Crippen molar-refractivity contribution in [3.63, 3.8) is 0 Å². The first-order valence-corrected chi connectivity index (χ1v) is 15.3. The van der Waals surface area contributed by atoms with Gasteiger partial charge >= 0.3 is 0 Å². The van der Waals surface area contributed by atoms with Crippen LogP contribution >= 0.6 is 0 Å². The zero-order valence-corrected chi connectivity index (χ0v) is 25.8. The molecule has 0 spiro atoms. The van der Waals surface area contributed by atoms with Gasteiger partial charge in [-0.3, -0.25) is 13.9 Å². The number of sulfonamides is 1. The summed E-state index contributed by atoms with van der Waals surface area (Å²) in [5.74, 6) is -2.12. The van der Waals surface area contributed by atoms with Crippen molar-refractivity contribution >= 4 is 27.5 Å². The van der Waals surface area contributed by atoms with Crippen LogP contribution < -0.4 is 19.1 Å². The van der Waals surface area contributed by atoms with Gasteiger partial charge in [0, 0.05) is 31.6 Å². The Balaban J connectivity index is 1.81. The van der Waals surface area contributed by atoms with Crippen LogP contribution in [0.15, 0.2) is 102 Å². The van der Waals surface area contributed by atoms with Crippen LogP contribution in [-0.2, 0) is 32.6 Å². The summed E-state index contributed by atoms with van der Waals surface area (Å²) in [4.78, 5) is 28.5. The predicted octanol–water partition coefficient (Wildman–Crippen LogP) is 4.56. The maximum atomic E-state index is 14.9. The van der Waals surface area contributed by atoms with E-state index in [1.54, 1.807) is 36.4 Å². The number of hydrogen-bond donors (Lipinski definition) is 1. The van der Waals surface area contributed by atoms with Crippen LogP contribution in [0.4, 0.5) is 14.5 Å². The van der Waals surface area contributed by atoms with Gasteiger partial charge in [-0.15, -0.1) is 0 Å². The van der Waals surface area contributed by atoms with E-state index in [0.29, 0.717) is 0 Å². The number of carbonyl (C=O) groups is 2. The number of ether oxygens (including phenoxy) is 2.